The van der Waals surface area contributed by atoms with Gasteiger partial charge in [-0.1, -0.05) is 18.2 Å². The average molecular weight is 305 g/mol. The average Bonchev–Trinajstić information content (AvgIpc) is 2.92. The maximum absolute atomic E-state index is 11.9. The number of carbonyl (C=O) groups excluding carboxylic acids is 2. The molecule has 0 unspecified atom stereocenters. The van der Waals surface area contributed by atoms with Crippen molar-refractivity contribution in [2.45, 2.75) is 6.92 Å². The summed E-state index contributed by atoms with van der Waals surface area (Å²) in [6, 6.07) is 9.26. The number of esters is 1. The van der Waals surface area contributed by atoms with E-state index in [1.807, 2.05) is 30.3 Å². The molecule has 0 aliphatic rings. The summed E-state index contributed by atoms with van der Waals surface area (Å²) in [6.45, 7) is 1.94. The first-order valence-corrected chi connectivity index (χ1v) is 7.01. The van der Waals surface area contributed by atoms with E-state index in [1.54, 1.807) is 11.5 Å². The van der Waals surface area contributed by atoms with Gasteiger partial charge in [-0.3, -0.25) is 9.36 Å². The van der Waals surface area contributed by atoms with Crippen LogP contribution in [0.5, 0.6) is 0 Å². The molecule has 1 aromatic heterocycles. The molecule has 0 saturated carbocycles. The number of carbonyl (C=O) groups is 2. The van der Waals surface area contributed by atoms with Crippen LogP contribution in [0.15, 0.2) is 36.7 Å². The fourth-order valence-corrected chi connectivity index (χ4v) is 1.85. The lowest BCUT2D eigenvalue weighted by molar-refractivity contribution is -0.113. The summed E-state index contributed by atoms with van der Waals surface area (Å²) in [5.41, 5.74) is 0.839. The van der Waals surface area contributed by atoms with Crippen LogP contribution in [0.4, 0.5) is 5.82 Å². The molecule has 1 aromatic carbocycles. The number of nitrogens with one attached hydrogen (secondary N) is 1. The molecule has 7 heteroatoms. The maximum atomic E-state index is 11.9. The summed E-state index contributed by atoms with van der Waals surface area (Å²) in [4.78, 5) is 27.6. The van der Waals surface area contributed by atoms with Crippen LogP contribution < -0.4 is 5.32 Å². The number of anilines is 1. The third-order valence-electron chi connectivity index (χ3n) is 2.67. The molecule has 0 aliphatic heterocycles. The highest BCUT2D eigenvalue weighted by atomic mass is 32.1. The Balaban J connectivity index is 2.46. The first kappa shape index (κ1) is 15.1. The number of thiol groups is 1. The Bertz CT molecular complexity index is 640. The molecule has 0 spiro atoms. The number of hydrogen-bond acceptors (Lipinski definition) is 5. The van der Waals surface area contributed by atoms with Crippen LogP contribution in [0.3, 0.4) is 0 Å². The summed E-state index contributed by atoms with van der Waals surface area (Å²) in [5, 5.41) is 2.63. The molecular weight excluding hydrogens is 290 g/mol. The van der Waals surface area contributed by atoms with Gasteiger partial charge in [-0.05, 0) is 19.1 Å². The third-order valence-corrected chi connectivity index (χ3v) is 2.96. The van der Waals surface area contributed by atoms with Crippen LogP contribution in [-0.4, -0.2) is 33.8 Å². The van der Waals surface area contributed by atoms with Crippen LogP contribution in [0, 0.1) is 0 Å². The fourth-order valence-electron chi connectivity index (χ4n) is 1.77. The van der Waals surface area contributed by atoms with Crippen LogP contribution >= 0.6 is 12.6 Å². The number of para-hydroxylation sites is 1. The predicted octanol–water partition coefficient (Wildman–Crippen LogP) is 1.92. The van der Waals surface area contributed by atoms with E-state index in [1.165, 1.54) is 6.33 Å². The Morgan fingerprint density at radius 2 is 2.05 bits per heavy atom. The molecular formula is C14H15N3O3S. The highest BCUT2D eigenvalue weighted by molar-refractivity contribution is 7.81. The molecule has 0 bridgehead atoms. The molecule has 0 aliphatic carbocycles. The number of rotatable bonds is 5. The topological polar surface area (TPSA) is 73.2 Å². The Labute approximate surface area is 127 Å². The molecule has 1 heterocycles. The van der Waals surface area contributed by atoms with Gasteiger partial charge in [0, 0.05) is 5.69 Å². The van der Waals surface area contributed by atoms with Crippen molar-refractivity contribution in [2.75, 3.05) is 17.7 Å². The maximum Gasteiger partial charge on any atom is 0.360 e. The number of imidazole rings is 1. The van der Waals surface area contributed by atoms with Crippen molar-refractivity contribution < 1.29 is 14.3 Å². The van der Waals surface area contributed by atoms with Crippen LogP contribution in [0.25, 0.3) is 5.69 Å². The van der Waals surface area contributed by atoms with Gasteiger partial charge in [0.15, 0.2) is 11.5 Å². The van der Waals surface area contributed by atoms with Crippen molar-refractivity contribution in [2.24, 2.45) is 0 Å². The number of nitrogens with zero attached hydrogens (tertiary/aromatic N) is 2. The van der Waals surface area contributed by atoms with Crippen molar-refractivity contribution in [3.63, 3.8) is 0 Å². The summed E-state index contributed by atoms with van der Waals surface area (Å²) < 4.78 is 6.57. The number of hydrogen-bond donors (Lipinski definition) is 2. The van der Waals surface area contributed by atoms with E-state index in [0.29, 0.717) is 0 Å². The fraction of sp³-hybridized carbons (Fsp3) is 0.214. The molecule has 2 aromatic rings. The van der Waals surface area contributed by atoms with Gasteiger partial charge in [-0.15, -0.1) is 0 Å². The zero-order valence-corrected chi connectivity index (χ0v) is 12.3. The highest BCUT2D eigenvalue weighted by Crippen LogP contribution is 2.21. The minimum absolute atomic E-state index is 0.00222. The van der Waals surface area contributed by atoms with Gasteiger partial charge >= 0.3 is 5.97 Å². The van der Waals surface area contributed by atoms with Crippen LogP contribution in [-0.2, 0) is 9.53 Å². The standard InChI is InChI=1S/C14H15N3O3S/c1-2-20-14(19)12-13(16-11(18)8-21)17(9-15-12)10-6-4-3-5-7-10/h3-7,9,21H,2,8H2,1H3,(H,16,18). The van der Waals surface area contributed by atoms with E-state index < -0.39 is 5.97 Å². The van der Waals surface area contributed by atoms with E-state index in [4.69, 9.17) is 4.74 Å². The van der Waals surface area contributed by atoms with Crippen molar-refractivity contribution in [1.82, 2.24) is 9.55 Å². The second kappa shape index (κ2) is 6.94. The first-order valence-electron chi connectivity index (χ1n) is 6.38. The molecule has 0 saturated heterocycles. The predicted molar refractivity (Wildman–Crippen MR) is 82.0 cm³/mol. The first-order chi connectivity index (χ1) is 10.2. The lowest BCUT2D eigenvalue weighted by atomic mass is 10.3. The molecule has 0 atom stereocenters. The zero-order chi connectivity index (χ0) is 15.2. The molecule has 1 N–H and O–H groups in total. The second-order valence-corrected chi connectivity index (χ2v) is 4.39. The number of amides is 1. The van der Waals surface area contributed by atoms with Gasteiger partial charge in [0.1, 0.15) is 6.33 Å². The zero-order valence-electron chi connectivity index (χ0n) is 11.4. The number of benzene rings is 1. The van der Waals surface area contributed by atoms with Crippen molar-refractivity contribution in [3.8, 4) is 5.69 Å². The van der Waals surface area contributed by atoms with Crippen LogP contribution in [0.1, 0.15) is 17.4 Å². The normalized spacial score (nSPS) is 10.2. The summed E-state index contributed by atoms with van der Waals surface area (Å²) >= 11 is 3.92. The molecule has 2 rings (SSSR count). The van der Waals surface area contributed by atoms with E-state index >= 15 is 0 Å². The molecule has 1 amide bonds. The van der Waals surface area contributed by atoms with Gasteiger partial charge < -0.3 is 10.1 Å². The Morgan fingerprint density at radius 1 is 1.33 bits per heavy atom. The van der Waals surface area contributed by atoms with Crippen molar-refractivity contribution >= 4 is 30.3 Å². The van der Waals surface area contributed by atoms with E-state index in [-0.39, 0.29) is 29.8 Å². The lowest BCUT2D eigenvalue weighted by Crippen LogP contribution is -2.18. The van der Waals surface area contributed by atoms with E-state index in [9.17, 15) is 9.59 Å². The van der Waals surface area contributed by atoms with E-state index in [2.05, 4.69) is 22.9 Å². The second-order valence-electron chi connectivity index (χ2n) is 4.07. The van der Waals surface area contributed by atoms with E-state index in [0.717, 1.165) is 5.69 Å². The van der Waals surface area contributed by atoms with Gasteiger partial charge in [0.25, 0.3) is 0 Å². The Kier molecular flexibility index (Phi) is 4.99. The molecule has 0 fully saturated rings. The molecule has 110 valence electrons. The Morgan fingerprint density at radius 3 is 2.67 bits per heavy atom. The molecule has 21 heavy (non-hydrogen) atoms. The van der Waals surface area contributed by atoms with Gasteiger partial charge in [-0.2, -0.15) is 12.6 Å². The third kappa shape index (κ3) is 3.43. The highest BCUT2D eigenvalue weighted by Gasteiger charge is 2.21. The largest absolute Gasteiger partial charge is 0.461 e. The van der Waals surface area contributed by atoms with Gasteiger partial charge in [0.05, 0.1) is 12.4 Å². The number of aromatic nitrogens is 2. The lowest BCUT2D eigenvalue weighted by Gasteiger charge is -2.10. The summed E-state index contributed by atoms with van der Waals surface area (Å²) in [7, 11) is 0. The monoisotopic (exact) mass is 305 g/mol. The minimum atomic E-state index is -0.582. The molecule has 6 nitrogen and oxygen atoms in total. The smallest absolute Gasteiger partial charge is 0.360 e. The quantitative estimate of drug-likeness (QED) is 0.654. The summed E-state index contributed by atoms with van der Waals surface area (Å²) in [5.74, 6) is -0.635. The molecule has 0 radical (unpaired) electrons. The minimum Gasteiger partial charge on any atom is -0.461 e. The SMILES string of the molecule is CCOC(=O)c1ncn(-c2ccccc2)c1NC(=O)CS. The van der Waals surface area contributed by atoms with Gasteiger partial charge in [0.2, 0.25) is 5.91 Å². The summed E-state index contributed by atoms with van der Waals surface area (Å²) in [6.07, 6.45) is 1.47. The van der Waals surface area contributed by atoms with Crippen molar-refractivity contribution in [3.05, 3.63) is 42.4 Å². The van der Waals surface area contributed by atoms with Gasteiger partial charge in [-0.25, -0.2) is 9.78 Å². The van der Waals surface area contributed by atoms with Crippen molar-refractivity contribution in [1.29, 1.82) is 0 Å². The van der Waals surface area contributed by atoms with Crippen LogP contribution in [0.2, 0.25) is 0 Å². The number of ether oxygens (including phenoxy) is 1. The Hall–Kier alpha value is -2.28.